The van der Waals surface area contributed by atoms with E-state index in [0.29, 0.717) is 24.6 Å². The first-order valence-electron chi connectivity index (χ1n) is 18.7. The summed E-state index contributed by atoms with van der Waals surface area (Å²) in [6, 6.07) is 16.5. The van der Waals surface area contributed by atoms with Gasteiger partial charge in [0.25, 0.3) is 0 Å². The third-order valence-corrected chi connectivity index (χ3v) is 10.4. The summed E-state index contributed by atoms with van der Waals surface area (Å²) < 4.78 is 10.7. The Morgan fingerprint density at radius 3 is 1.37 bits per heavy atom. The summed E-state index contributed by atoms with van der Waals surface area (Å²) in [6.45, 7) is 8.72. The number of carbonyl (C=O) groups is 2. The minimum absolute atomic E-state index is 0.146. The number of carbonyl (C=O) groups excluding carboxylic acids is 2. The quantitative estimate of drug-likeness (QED) is 0.0449. The maximum Gasteiger partial charge on any atom is 0.331 e. The summed E-state index contributed by atoms with van der Waals surface area (Å²) in [7, 11) is 0. The number of rotatable bonds is 14. The van der Waals surface area contributed by atoms with Crippen molar-refractivity contribution in [2.75, 3.05) is 60.9 Å². The van der Waals surface area contributed by atoms with Crippen molar-refractivity contribution >= 4 is 56.2 Å². The third-order valence-electron chi connectivity index (χ3n) is 10.4. The van der Waals surface area contributed by atoms with Crippen molar-refractivity contribution in [1.82, 2.24) is 0 Å². The van der Waals surface area contributed by atoms with Gasteiger partial charge in [-0.1, -0.05) is 36.4 Å². The van der Waals surface area contributed by atoms with Gasteiger partial charge in [-0.25, -0.2) is 29.1 Å². The number of aliphatic hydroxyl groups is 2. The average Bonchev–Trinajstić information content (AvgIpc) is 3.44. The van der Waals surface area contributed by atoms with Crippen LogP contribution in [0.15, 0.2) is 60.7 Å². The van der Waals surface area contributed by atoms with E-state index in [2.05, 4.69) is 21.3 Å². The lowest BCUT2D eigenvalue weighted by Crippen LogP contribution is -2.51. The van der Waals surface area contributed by atoms with Gasteiger partial charge < -0.3 is 41.0 Å². The van der Waals surface area contributed by atoms with Crippen LogP contribution in [-0.2, 0) is 38.6 Å². The first-order chi connectivity index (χ1) is 26.3. The van der Waals surface area contributed by atoms with Crippen LogP contribution in [0, 0.1) is 0 Å². The molecule has 288 valence electrons. The normalized spacial score (nSPS) is 25.6. The van der Waals surface area contributed by atoms with Gasteiger partial charge in [0.2, 0.25) is 0 Å². The average molecular weight is 745 g/mol. The summed E-state index contributed by atoms with van der Waals surface area (Å²) in [5.41, 5.74) is 4.51. The first-order valence-corrected chi connectivity index (χ1v) is 18.7. The van der Waals surface area contributed by atoms with E-state index >= 15 is 0 Å². The molecule has 7 rings (SSSR count). The number of benzene rings is 4. The van der Waals surface area contributed by atoms with Crippen LogP contribution in [0.2, 0.25) is 0 Å². The second kappa shape index (κ2) is 16.3. The summed E-state index contributed by atoms with van der Waals surface area (Å²) in [5.74, 6) is -2.38. The van der Waals surface area contributed by atoms with Gasteiger partial charge in [0.15, 0.2) is 12.1 Å². The van der Waals surface area contributed by atoms with Crippen LogP contribution in [-0.4, -0.2) is 98.2 Å². The Morgan fingerprint density at radius 1 is 0.537 bits per heavy atom. The minimum atomic E-state index is -1.06. The highest BCUT2D eigenvalue weighted by molar-refractivity contribution is 6.09. The molecular weight excluding hydrogens is 696 g/mol. The molecule has 1 fully saturated rings. The standard InChI is InChI=1S/C40H48N4O10/c1-5-49-39(47)35-36(40(48)50-6-2)44-28-18-16-24(22-12-10-14-26(43-35)32(22)28)34-37(45)33(38(34)46)23-15-17-27-31-21(23)11-9-13-25(31)41-29(19-53-51-7-3)30(42-27)20-54-52-8-4/h9-18,29-30,33-38,41-46H,5-8,19-20H2,1-4H3. The molecule has 2 aliphatic heterocycles. The molecule has 0 saturated heterocycles. The molecule has 2 heterocycles. The number of nitrogens with one attached hydrogen (secondary N) is 4. The Hall–Kier alpha value is -4.70. The number of hydrogen-bond acceptors (Lipinski definition) is 14. The Morgan fingerprint density at radius 2 is 0.944 bits per heavy atom. The van der Waals surface area contributed by atoms with Crippen LogP contribution in [0.1, 0.15) is 50.7 Å². The van der Waals surface area contributed by atoms with E-state index in [4.69, 9.17) is 29.0 Å². The zero-order valence-corrected chi connectivity index (χ0v) is 30.8. The van der Waals surface area contributed by atoms with Crippen molar-refractivity contribution in [3.8, 4) is 0 Å². The van der Waals surface area contributed by atoms with Crippen molar-refractivity contribution in [3.63, 3.8) is 0 Å². The third kappa shape index (κ3) is 6.89. The van der Waals surface area contributed by atoms with E-state index in [9.17, 15) is 19.8 Å². The highest BCUT2D eigenvalue weighted by atomic mass is 17.2. The van der Waals surface area contributed by atoms with Crippen LogP contribution < -0.4 is 21.3 Å². The molecule has 0 aromatic heterocycles. The Labute approximate surface area is 313 Å². The molecule has 6 N–H and O–H groups in total. The van der Waals surface area contributed by atoms with E-state index in [-0.39, 0.29) is 38.5 Å². The van der Waals surface area contributed by atoms with Crippen molar-refractivity contribution < 1.29 is 48.8 Å². The fraction of sp³-hybridized carbons (Fsp3) is 0.450. The Kier molecular flexibility index (Phi) is 11.4. The number of ether oxygens (including phenoxy) is 2. The fourth-order valence-corrected chi connectivity index (χ4v) is 8.04. The smallest absolute Gasteiger partial charge is 0.331 e. The summed E-state index contributed by atoms with van der Waals surface area (Å²) in [5, 5.41) is 40.9. The van der Waals surface area contributed by atoms with E-state index in [0.717, 1.165) is 44.0 Å². The van der Waals surface area contributed by atoms with Gasteiger partial charge in [0.1, 0.15) is 13.2 Å². The van der Waals surface area contributed by atoms with Crippen LogP contribution in [0.4, 0.5) is 22.7 Å². The van der Waals surface area contributed by atoms with E-state index < -0.39 is 48.1 Å². The maximum absolute atomic E-state index is 13.1. The molecule has 54 heavy (non-hydrogen) atoms. The predicted molar refractivity (Wildman–Crippen MR) is 203 cm³/mol. The lowest BCUT2D eigenvalue weighted by Gasteiger charge is -2.48. The molecule has 0 bridgehead atoms. The van der Waals surface area contributed by atoms with Gasteiger partial charge in [-0.2, -0.15) is 0 Å². The molecular formula is C40H48N4O10. The lowest BCUT2D eigenvalue weighted by molar-refractivity contribution is -0.302. The van der Waals surface area contributed by atoms with Crippen molar-refractivity contribution in [2.45, 2.75) is 75.9 Å². The number of esters is 2. The topological polar surface area (TPSA) is 178 Å². The molecule has 3 aliphatic rings. The van der Waals surface area contributed by atoms with E-state index in [1.54, 1.807) is 13.8 Å². The molecule has 14 heteroatoms. The molecule has 1 aliphatic carbocycles. The molecule has 4 aromatic rings. The summed E-state index contributed by atoms with van der Waals surface area (Å²) in [4.78, 5) is 47.6. The highest BCUT2D eigenvalue weighted by Crippen LogP contribution is 2.53. The number of hydrogen-bond donors (Lipinski definition) is 6. The van der Waals surface area contributed by atoms with Gasteiger partial charge in [-0.15, -0.1) is 0 Å². The second-order valence-corrected chi connectivity index (χ2v) is 13.5. The van der Waals surface area contributed by atoms with Crippen LogP contribution >= 0.6 is 0 Å². The van der Waals surface area contributed by atoms with Gasteiger partial charge in [-0.05, 0) is 73.9 Å². The number of aliphatic hydroxyl groups excluding tert-OH is 2. The van der Waals surface area contributed by atoms with E-state index in [1.807, 2.05) is 74.5 Å². The first kappa shape index (κ1) is 37.6. The lowest BCUT2D eigenvalue weighted by atomic mass is 9.62. The monoisotopic (exact) mass is 744 g/mol. The fourth-order valence-electron chi connectivity index (χ4n) is 8.04. The van der Waals surface area contributed by atoms with Crippen molar-refractivity contribution in [2.24, 2.45) is 0 Å². The van der Waals surface area contributed by atoms with Gasteiger partial charge >= 0.3 is 11.9 Å². The number of anilines is 4. The molecule has 6 unspecified atom stereocenters. The van der Waals surface area contributed by atoms with Crippen molar-refractivity contribution in [1.29, 1.82) is 0 Å². The highest BCUT2D eigenvalue weighted by Gasteiger charge is 2.52. The molecule has 0 amide bonds. The molecule has 4 aromatic carbocycles. The SMILES string of the molecule is CCOOCC1Nc2cccc3c(C4C(O)C(c5ccc6c7c(cccc57)NC(C(=O)OCC)C(C(=O)OCC)N6)C4O)ccc(c23)NC1COOCC. The zero-order chi connectivity index (χ0) is 37.9. The van der Waals surface area contributed by atoms with E-state index in [1.165, 1.54) is 0 Å². The predicted octanol–water partition coefficient (Wildman–Crippen LogP) is 4.81. The molecule has 14 nitrogen and oxygen atoms in total. The zero-order valence-electron chi connectivity index (χ0n) is 30.8. The molecule has 1 saturated carbocycles. The maximum atomic E-state index is 13.1. The van der Waals surface area contributed by atoms with Crippen LogP contribution in [0.3, 0.4) is 0 Å². The summed E-state index contributed by atoms with van der Waals surface area (Å²) in [6.07, 6.45) is -1.85. The second-order valence-electron chi connectivity index (χ2n) is 13.5. The van der Waals surface area contributed by atoms with Crippen molar-refractivity contribution in [3.05, 3.63) is 71.8 Å². The van der Waals surface area contributed by atoms with Gasteiger partial charge in [0.05, 0.1) is 50.7 Å². The molecule has 0 radical (unpaired) electrons. The van der Waals surface area contributed by atoms with Crippen LogP contribution in [0.25, 0.3) is 21.5 Å². The largest absolute Gasteiger partial charge is 0.464 e. The van der Waals surface area contributed by atoms with Gasteiger partial charge in [0, 0.05) is 45.4 Å². The Balaban J connectivity index is 1.21. The van der Waals surface area contributed by atoms with Gasteiger partial charge in [-0.3, -0.25) is 0 Å². The summed E-state index contributed by atoms with van der Waals surface area (Å²) >= 11 is 0. The van der Waals surface area contributed by atoms with Crippen LogP contribution in [0.5, 0.6) is 0 Å². The Bertz CT molecular complexity index is 1930. The molecule has 0 spiro atoms. The molecule has 6 atom stereocenters. The minimum Gasteiger partial charge on any atom is -0.464 e.